The lowest BCUT2D eigenvalue weighted by Gasteiger charge is -2.11. The number of ether oxygens (including phenoxy) is 1. The second-order valence-corrected chi connectivity index (χ2v) is 6.55. The van der Waals surface area contributed by atoms with Crippen LogP contribution in [0.3, 0.4) is 0 Å². The molecule has 0 aliphatic rings. The van der Waals surface area contributed by atoms with Crippen LogP contribution in [0.15, 0.2) is 12.4 Å². The van der Waals surface area contributed by atoms with Crippen LogP contribution in [0, 0.1) is 0 Å². The first-order chi connectivity index (χ1) is 9.13. The molecule has 0 unspecified atom stereocenters. The number of hydrogen-bond acceptors (Lipinski definition) is 6. The van der Waals surface area contributed by atoms with E-state index < -0.39 is 33.9 Å². The van der Waals surface area contributed by atoms with E-state index in [9.17, 15) is 22.0 Å². The van der Waals surface area contributed by atoms with Crippen LogP contribution in [0.4, 0.5) is 8.78 Å². The number of rotatable bonds is 7. The number of alkyl halides is 2. The van der Waals surface area contributed by atoms with Crippen LogP contribution in [-0.2, 0) is 9.84 Å². The standard InChI is InChI=1S/C11H14F2N2O4S/c1-3-20(17,18)6-9(16)10-14-4-8(5-15-10)19-7-11(2,12)13/h4-5H,3,6-7H2,1-2H3. The van der Waals surface area contributed by atoms with E-state index in [1.165, 1.54) is 6.92 Å². The zero-order valence-corrected chi connectivity index (χ0v) is 11.8. The van der Waals surface area contributed by atoms with Crippen molar-refractivity contribution in [3.05, 3.63) is 18.2 Å². The molecule has 6 nitrogen and oxygen atoms in total. The first kappa shape index (κ1) is 16.4. The number of nitrogens with zero attached hydrogens (tertiary/aromatic N) is 2. The Kier molecular flexibility index (Phi) is 5.09. The Morgan fingerprint density at radius 2 is 1.90 bits per heavy atom. The van der Waals surface area contributed by atoms with Gasteiger partial charge in [-0.25, -0.2) is 27.2 Å². The Labute approximate surface area is 115 Å². The molecule has 0 aliphatic heterocycles. The minimum atomic E-state index is -3.47. The number of sulfone groups is 1. The molecule has 0 aliphatic carbocycles. The largest absolute Gasteiger partial charge is 0.484 e. The first-order valence-electron chi connectivity index (χ1n) is 5.69. The maximum absolute atomic E-state index is 12.6. The minimum absolute atomic E-state index is 0.0265. The van der Waals surface area contributed by atoms with Gasteiger partial charge in [0.2, 0.25) is 5.78 Å². The molecule has 0 saturated heterocycles. The minimum Gasteiger partial charge on any atom is -0.484 e. The summed E-state index contributed by atoms with van der Waals surface area (Å²) in [5.41, 5.74) is 0. The fraction of sp³-hybridized carbons (Fsp3) is 0.545. The van der Waals surface area contributed by atoms with Gasteiger partial charge in [0.25, 0.3) is 5.92 Å². The molecule has 0 fully saturated rings. The van der Waals surface area contributed by atoms with Gasteiger partial charge in [-0.3, -0.25) is 4.79 Å². The monoisotopic (exact) mass is 308 g/mol. The highest BCUT2D eigenvalue weighted by Crippen LogP contribution is 2.15. The van der Waals surface area contributed by atoms with Gasteiger partial charge in [-0.2, -0.15) is 0 Å². The summed E-state index contributed by atoms with van der Waals surface area (Å²) in [6.45, 7) is 1.28. The second-order valence-electron chi connectivity index (χ2n) is 4.20. The second kappa shape index (κ2) is 6.21. The van der Waals surface area contributed by atoms with Crippen LogP contribution >= 0.6 is 0 Å². The van der Waals surface area contributed by atoms with Gasteiger partial charge in [-0.1, -0.05) is 6.92 Å². The summed E-state index contributed by atoms with van der Waals surface area (Å²) in [5, 5.41) is 0. The Morgan fingerprint density at radius 1 is 1.35 bits per heavy atom. The molecule has 1 rings (SSSR count). The third-order valence-electron chi connectivity index (χ3n) is 2.16. The SMILES string of the molecule is CCS(=O)(=O)CC(=O)c1ncc(OCC(C)(F)F)cn1. The smallest absolute Gasteiger partial charge is 0.278 e. The van der Waals surface area contributed by atoms with Crippen LogP contribution in [0.1, 0.15) is 24.5 Å². The van der Waals surface area contributed by atoms with Gasteiger partial charge in [0.05, 0.1) is 12.4 Å². The first-order valence-corrected chi connectivity index (χ1v) is 7.51. The lowest BCUT2D eigenvalue weighted by Crippen LogP contribution is -2.22. The summed E-state index contributed by atoms with van der Waals surface area (Å²) in [6, 6.07) is 0. The Balaban J connectivity index is 2.69. The molecule has 1 aromatic heterocycles. The number of Topliss-reactive ketones (excluding diaryl/α,β-unsaturated/α-hetero) is 1. The summed E-state index contributed by atoms with van der Waals surface area (Å²) in [6.07, 6.45) is 2.09. The summed E-state index contributed by atoms with van der Waals surface area (Å²) in [7, 11) is -3.47. The van der Waals surface area contributed by atoms with Crippen molar-refractivity contribution in [1.29, 1.82) is 0 Å². The highest BCUT2D eigenvalue weighted by atomic mass is 32.2. The molecule has 0 radical (unpaired) electrons. The van der Waals surface area contributed by atoms with Crippen molar-refractivity contribution in [2.24, 2.45) is 0 Å². The molecular weight excluding hydrogens is 294 g/mol. The average Bonchev–Trinajstić information content (AvgIpc) is 2.35. The predicted octanol–water partition coefficient (Wildman–Crippen LogP) is 1.13. The number of aromatic nitrogens is 2. The normalized spacial score (nSPS) is 12.2. The molecule has 0 amide bonds. The summed E-state index contributed by atoms with van der Waals surface area (Å²) < 4.78 is 52.4. The molecule has 20 heavy (non-hydrogen) atoms. The van der Waals surface area contributed by atoms with Gasteiger partial charge in [0, 0.05) is 12.7 Å². The van der Waals surface area contributed by atoms with Crippen molar-refractivity contribution in [3.63, 3.8) is 0 Å². The van der Waals surface area contributed by atoms with Gasteiger partial charge in [0.15, 0.2) is 28.0 Å². The molecule has 0 N–H and O–H groups in total. The van der Waals surface area contributed by atoms with E-state index >= 15 is 0 Å². The van der Waals surface area contributed by atoms with Crippen molar-refractivity contribution < 1.29 is 26.7 Å². The van der Waals surface area contributed by atoms with Crippen LogP contribution in [0.5, 0.6) is 5.75 Å². The highest BCUT2D eigenvalue weighted by molar-refractivity contribution is 7.92. The van der Waals surface area contributed by atoms with Crippen molar-refractivity contribution in [1.82, 2.24) is 9.97 Å². The molecule has 0 aromatic carbocycles. The molecule has 9 heteroatoms. The van der Waals surface area contributed by atoms with Crippen LogP contribution in [0.2, 0.25) is 0 Å². The average molecular weight is 308 g/mol. The highest BCUT2D eigenvalue weighted by Gasteiger charge is 2.22. The maximum Gasteiger partial charge on any atom is 0.278 e. The van der Waals surface area contributed by atoms with Crippen LogP contribution in [0.25, 0.3) is 0 Å². The lowest BCUT2D eigenvalue weighted by atomic mass is 10.4. The van der Waals surface area contributed by atoms with Gasteiger partial charge >= 0.3 is 0 Å². The third kappa shape index (κ3) is 5.55. The van der Waals surface area contributed by atoms with Crippen molar-refractivity contribution >= 4 is 15.6 Å². The molecule has 0 atom stereocenters. The van der Waals surface area contributed by atoms with E-state index in [2.05, 4.69) is 9.97 Å². The van der Waals surface area contributed by atoms with E-state index in [1.54, 1.807) is 0 Å². The Bertz CT molecular complexity index is 567. The van der Waals surface area contributed by atoms with Gasteiger partial charge in [-0.05, 0) is 0 Å². The molecule has 0 spiro atoms. The molecule has 0 saturated carbocycles. The zero-order chi connectivity index (χ0) is 15.4. The quantitative estimate of drug-likeness (QED) is 0.702. The van der Waals surface area contributed by atoms with Crippen LogP contribution < -0.4 is 4.74 Å². The Hall–Kier alpha value is -1.64. The third-order valence-corrected chi connectivity index (χ3v) is 3.74. The maximum atomic E-state index is 12.6. The number of carbonyl (C=O) groups is 1. The number of ketones is 1. The summed E-state index contributed by atoms with van der Waals surface area (Å²) in [4.78, 5) is 18.8. The summed E-state index contributed by atoms with van der Waals surface area (Å²) >= 11 is 0. The van der Waals surface area contributed by atoms with Crippen molar-refractivity contribution in [2.75, 3.05) is 18.1 Å². The van der Waals surface area contributed by atoms with Crippen molar-refractivity contribution in [2.45, 2.75) is 19.8 Å². The van der Waals surface area contributed by atoms with E-state index in [0.717, 1.165) is 12.4 Å². The van der Waals surface area contributed by atoms with E-state index in [0.29, 0.717) is 6.92 Å². The number of halogens is 2. The molecular formula is C11H14F2N2O4S. The fourth-order valence-electron chi connectivity index (χ4n) is 1.11. The van der Waals surface area contributed by atoms with Gasteiger partial charge in [-0.15, -0.1) is 0 Å². The van der Waals surface area contributed by atoms with Gasteiger partial charge < -0.3 is 4.74 Å². The van der Waals surface area contributed by atoms with Crippen molar-refractivity contribution in [3.8, 4) is 5.75 Å². The fourth-order valence-corrected chi connectivity index (χ4v) is 1.84. The molecule has 0 bridgehead atoms. The van der Waals surface area contributed by atoms with E-state index in [1.807, 2.05) is 0 Å². The molecule has 1 heterocycles. The van der Waals surface area contributed by atoms with Crippen LogP contribution in [-0.4, -0.2) is 48.2 Å². The predicted molar refractivity (Wildman–Crippen MR) is 66.8 cm³/mol. The molecule has 112 valence electrons. The summed E-state index contributed by atoms with van der Waals surface area (Å²) in [5.74, 6) is -4.91. The number of carbonyl (C=O) groups excluding carboxylic acids is 1. The van der Waals surface area contributed by atoms with Gasteiger partial charge in [0.1, 0.15) is 5.75 Å². The zero-order valence-electron chi connectivity index (χ0n) is 11.0. The lowest BCUT2D eigenvalue weighted by molar-refractivity contribution is -0.0231. The van der Waals surface area contributed by atoms with E-state index in [4.69, 9.17) is 4.74 Å². The van der Waals surface area contributed by atoms with E-state index in [-0.39, 0.29) is 17.3 Å². The number of hydrogen-bond donors (Lipinski definition) is 0. The Morgan fingerprint density at radius 3 is 2.35 bits per heavy atom. The molecule has 1 aromatic rings. The topological polar surface area (TPSA) is 86.2 Å².